The maximum atomic E-state index is 13.0. The van der Waals surface area contributed by atoms with Crippen molar-refractivity contribution in [3.05, 3.63) is 35.4 Å². The van der Waals surface area contributed by atoms with E-state index in [-0.39, 0.29) is 11.9 Å². The average molecular weight is 329 g/mol. The molecule has 0 spiro atoms. The van der Waals surface area contributed by atoms with Crippen molar-refractivity contribution in [2.75, 3.05) is 20.3 Å². The molecular weight excluding hydrogens is 306 g/mol. The van der Waals surface area contributed by atoms with Crippen molar-refractivity contribution >= 4 is 5.91 Å². The zero-order valence-corrected chi connectivity index (χ0v) is 14.2. The van der Waals surface area contributed by atoms with Gasteiger partial charge in [-0.2, -0.15) is 0 Å². The number of amides is 1. The number of rotatable bonds is 5. The highest BCUT2D eigenvalue weighted by molar-refractivity contribution is 5.93. The highest BCUT2D eigenvalue weighted by Crippen LogP contribution is 2.34. The Morgan fingerprint density at radius 3 is 2.92 bits per heavy atom. The van der Waals surface area contributed by atoms with Crippen molar-refractivity contribution in [3.8, 4) is 0 Å². The highest BCUT2D eigenvalue weighted by Gasteiger charge is 2.36. The number of fused-ring (bicyclic) bond motifs is 1. The Kier molecular flexibility index (Phi) is 3.88. The second-order valence-electron chi connectivity index (χ2n) is 6.77. The molecule has 1 aliphatic carbocycles. The van der Waals surface area contributed by atoms with Gasteiger partial charge in [-0.1, -0.05) is 5.21 Å². The molecule has 3 heterocycles. The first-order chi connectivity index (χ1) is 11.7. The van der Waals surface area contributed by atoms with Crippen LogP contribution in [0.3, 0.4) is 0 Å². The molecule has 1 unspecified atom stereocenters. The van der Waals surface area contributed by atoms with Gasteiger partial charge < -0.3 is 14.2 Å². The summed E-state index contributed by atoms with van der Waals surface area (Å²) in [4.78, 5) is 14.8. The molecule has 1 amide bonds. The normalized spacial score (nSPS) is 20.2. The summed E-state index contributed by atoms with van der Waals surface area (Å²) in [5.74, 6) is 0.770. The molecule has 128 valence electrons. The van der Waals surface area contributed by atoms with Crippen molar-refractivity contribution in [2.24, 2.45) is 13.0 Å². The lowest BCUT2D eigenvalue weighted by Crippen LogP contribution is -2.43. The van der Waals surface area contributed by atoms with Crippen molar-refractivity contribution in [1.82, 2.24) is 24.5 Å². The molecule has 1 fully saturated rings. The summed E-state index contributed by atoms with van der Waals surface area (Å²) in [7, 11) is 3.55. The van der Waals surface area contributed by atoms with Gasteiger partial charge in [-0.15, -0.1) is 5.10 Å². The molecule has 2 aliphatic rings. The summed E-state index contributed by atoms with van der Waals surface area (Å²) in [5.41, 5.74) is 2.75. The van der Waals surface area contributed by atoms with E-state index in [1.165, 1.54) is 18.5 Å². The van der Waals surface area contributed by atoms with Gasteiger partial charge in [-0.25, -0.2) is 4.68 Å². The molecule has 1 atom stereocenters. The Morgan fingerprint density at radius 1 is 1.42 bits per heavy atom. The predicted molar refractivity (Wildman–Crippen MR) is 87.5 cm³/mol. The van der Waals surface area contributed by atoms with E-state index in [9.17, 15) is 4.79 Å². The minimum Gasteiger partial charge on any atom is -0.382 e. The van der Waals surface area contributed by atoms with Gasteiger partial charge in [-0.3, -0.25) is 4.79 Å². The van der Waals surface area contributed by atoms with E-state index in [2.05, 4.69) is 10.3 Å². The van der Waals surface area contributed by atoms with Crippen molar-refractivity contribution in [1.29, 1.82) is 0 Å². The van der Waals surface area contributed by atoms with E-state index < -0.39 is 0 Å². The Labute approximate surface area is 141 Å². The van der Waals surface area contributed by atoms with Crippen molar-refractivity contribution < 1.29 is 9.53 Å². The average Bonchev–Trinajstić information content (AvgIpc) is 3.14. The summed E-state index contributed by atoms with van der Waals surface area (Å²) >= 11 is 0. The number of ether oxygens (including phenoxy) is 1. The van der Waals surface area contributed by atoms with Crippen molar-refractivity contribution in [3.63, 3.8) is 0 Å². The molecule has 7 nitrogen and oxygen atoms in total. The van der Waals surface area contributed by atoms with Gasteiger partial charge in [0.05, 0.1) is 12.3 Å². The summed E-state index contributed by atoms with van der Waals surface area (Å²) in [6, 6.07) is 3.57. The van der Waals surface area contributed by atoms with Crippen LogP contribution in [0.4, 0.5) is 0 Å². The number of aromatic nitrogens is 4. The molecule has 2 aromatic rings. The molecule has 0 radical (unpaired) electrons. The van der Waals surface area contributed by atoms with Crippen LogP contribution in [0.2, 0.25) is 0 Å². The van der Waals surface area contributed by atoms with Crippen LogP contribution in [0.15, 0.2) is 18.3 Å². The predicted octanol–water partition coefficient (Wildman–Crippen LogP) is 1.41. The molecule has 2 aromatic heterocycles. The molecule has 1 aliphatic heterocycles. The maximum Gasteiger partial charge on any atom is 0.271 e. The summed E-state index contributed by atoms with van der Waals surface area (Å²) in [6.45, 7) is 2.06. The molecular formula is C17H23N5O2. The Bertz CT molecular complexity index is 746. The number of methoxy groups -OCH3 is 1. The number of nitrogens with zero attached hydrogens (tertiary/aromatic N) is 5. The number of hydrogen-bond donors (Lipinski definition) is 0. The van der Waals surface area contributed by atoms with Crippen LogP contribution >= 0.6 is 0 Å². The fraction of sp³-hybridized carbons (Fsp3) is 0.588. The molecule has 1 saturated carbocycles. The van der Waals surface area contributed by atoms with Crippen LogP contribution in [0.5, 0.6) is 0 Å². The lowest BCUT2D eigenvalue weighted by atomic mass is 10.0. The Balaban J connectivity index is 1.63. The zero-order valence-electron chi connectivity index (χ0n) is 14.2. The van der Waals surface area contributed by atoms with Crippen LogP contribution in [0.25, 0.3) is 0 Å². The van der Waals surface area contributed by atoms with Crippen LogP contribution in [-0.4, -0.2) is 50.6 Å². The summed E-state index contributed by atoms with van der Waals surface area (Å²) in [5, 5.41) is 8.76. The first kappa shape index (κ1) is 15.4. The highest BCUT2D eigenvalue weighted by atomic mass is 16.5. The SMILES string of the molecule is COCC1c2nnn(CC3CC3)c2CCN1C(=O)c1cccn1C. The number of carbonyl (C=O) groups excluding carboxylic acids is 1. The van der Waals surface area contributed by atoms with Crippen LogP contribution in [0, 0.1) is 5.92 Å². The third-order valence-corrected chi connectivity index (χ3v) is 5.03. The smallest absolute Gasteiger partial charge is 0.271 e. The first-order valence-corrected chi connectivity index (χ1v) is 8.52. The molecule has 4 rings (SSSR count). The van der Waals surface area contributed by atoms with Crippen LogP contribution in [0.1, 0.15) is 40.8 Å². The number of carbonyl (C=O) groups is 1. The fourth-order valence-corrected chi connectivity index (χ4v) is 3.48. The molecule has 0 saturated heterocycles. The topological polar surface area (TPSA) is 65.2 Å². The van der Waals surface area contributed by atoms with E-state index in [1.807, 2.05) is 39.5 Å². The molecule has 7 heteroatoms. The largest absolute Gasteiger partial charge is 0.382 e. The lowest BCUT2D eigenvalue weighted by Gasteiger charge is -2.34. The van der Waals surface area contributed by atoms with Gasteiger partial charge in [0.25, 0.3) is 5.91 Å². The van der Waals surface area contributed by atoms with Gasteiger partial charge in [0.2, 0.25) is 0 Å². The van der Waals surface area contributed by atoms with E-state index in [1.54, 1.807) is 7.11 Å². The van der Waals surface area contributed by atoms with Crippen molar-refractivity contribution in [2.45, 2.75) is 31.8 Å². The molecule has 24 heavy (non-hydrogen) atoms. The monoisotopic (exact) mass is 329 g/mol. The Morgan fingerprint density at radius 2 is 2.25 bits per heavy atom. The van der Waals surface area contributed by atoms with E-state index in [0.717, 1.165) is 24.6 Å². The summed E-state index contributed by atoms with van der Waals surface area (Å²) < 4.78 is 9.29. The third kappa shape index (κ3) is 2.62. The van der Waals surface area contributed by atoms with Crippen LogP contribution in [-0.2, 0) is 24.8 Å². The van der Waals surface area contributed by atoms with Crippen LogP contribution < -0.4 is 0 Å². The zero-order chi connectivity index (χ0) is 16.7. The minimum atomic E-state index is -0.172. The van der Waals surface area contributed by atoms with E-state index in [4.69, 9.17) is 4.74 Å². The third-order valence-electron chi connectivity index (χ3n) is 5.03. The number of hydrogen-bond acceptors (Lipinski definition) is 4. The second-order valence-corrected chi connectivity index (χ2v) is 6.77. The van der Waals surface area contributed by atoms with E-state index in [0.29, 0.717) is 18.8 Å². The number of aryl methyl sites for hydroxylation is 1. The van der Waals surface area contributed by atoms with Gasteiger partial charge in [-0.05, 0) is 30.9 Å². The van der Waals surface area contributed by atoms with Gasteiger partial charge in [0, 0.05) is 39.9 Å². The first-order valence-electron chi connectivity index (χ1n) is 8.52. The Hall–Kier alpha value is -2.15. The molecule has 0 bridgehead atoms. The second kappa shape index (κ2) is 6.05. The molecule has 0 N–H and O–H groups in total. The minimum absolute atomic E-state index is 0.0203. The fourth-order valence-electron chi connectivity index (χ4n) is 3.48. The van der Waals surface area contributed by atoms with Gasteiger partial charge in [0.15, 0.2) is 0 Å². The molecule has 0 aromatic carbocycles. The lowest BCUT2D eigenvalue weighted by molar-refractivity contribution is 0.0481. The quantitative estimate of drug-likeness (QED) is 0.832. The van der Waals surface area contributed by atoms with Gasteiger partial charge in [0.1, 0.15) is 17.4 Å². The standard InChI is InChI=1S/C17H23N5O2/c1-20-8-3-4-14(20)17(23)21-9-7-13-16(15(21)11-24-2)18-19-22(13)10-12-5-6-12/h3-4,8,12,15H,5-7,9-11H2,1-2H3. The van der Waals surface area contributed by atoms with E-state index >= 15 is 0 Å². The maximum absolute atomic E-state index is 13.0. The summed E-state index contributed by atoms with van der Waals surface area (Å²) in [6.07, 6.45) is 5.26. The van der Waals surface area contributed by atoms with Gasteiger partial charge >= 0.3 is 0 Å².